The maximum absolute atomic E-state index is 13.3. The zero-order chi connectivity index (χ0) is 15.4. The molecule has 0 unspecified atom stereocenters. The second kappa shape index (κ2) is 6.40. The molecule has 0 bridgehead atoms. The Hall–Kier alpha value is -2.05. The van der Waals surface area contributed by atoms with Crippen LogP contribution in [0.5, 0.6) is 0 Å². The molecule has 1 rings (SSSR count). The van der Waals surface area contributed by atoms with Crippen LogP contribution >= 0.6 is 0 Å². The van der Waals surface area contributed by atoms with E-state index in [1.165, 1.54) is 0 Å². The number of carbonyl (C=O) groups is 2. The lowest BCUT2D eigenvalue weighted by Crippen LogP contribution is -2.45. The van der Waals surface area contributed by atoms with Gasteiger partial charge in [-0.15, -0.1) is 0 Å². The molecule has 7 heteroatoms. The number of nitrogens with one attached hydrogen (secondary N) is 1. The van der Waals surface area contributed by atoms with Gasteiger partial charge in [-0.25, -0.2) is 18.0 Å². The Balaban J connectivity index is 2.81. The predicted octanol–water partition coefficient (Wildman–Crippen LogP) is 1.87. The molecular weight excluding hydrogens is 275 g/mol. The Kier molecular flexibility index (Phi) is 5.12. The molecule has 2 N–H and O–H groups in total. The lowest BCUT2D eigenvalue weighted by Gasteiger charge is -2.18. The zero-order valence-corrected chi connectivity index (χ0v) is 10.9. The van der Waals surface area contributed by atoms with Crippen LogP contribution in [0.3, 0.4) is 0 Å². The van der Waals surface area contributed by atoms with E-state index in [9.17, 15) is 22.8 Å². The Morgan fingerprint density at radius 2 is 1.70 bits per heavy atom. The molecule has 0 spiro atoms. The molecule has 0 saturated heterocycles. The summed E-state index contributed by atoms with van der Waals surface area (Å²) in [6, 6.07) is -0.208. The van der Waals surface area contributed by atoms with Crippen LogP contribution in [0, 0.1) is 23.4 Å². The summed E-state index contributed by atoms with van der Waals surface area (Å²) < 4.78 is 39.0. The van der Waals surface area contributed by atoms with Gasteiger partial charge in [0.1, 0.15) is 11.9 Å². The lowest BCUT2D eigenvalue weighted by atomic mass is 10.0. The van der Waals surface area contributed by atoms with E-state index in [4.69, 9.17) is 5.11 Å². The summed E-state index contributed by atoms with van der Waals surface area (Å²) in [6.07, 6.45) is -0.570. The van der Waals surface area contributed by atoms with E-state index in [0.29, 0.717) is 12.1 Å². The van der Waals surface area contributed by atoms with Crippen LogP contribution < -0.4 is 5.32 Å². The van der Waals surface area contributed by atoms with Crippen LogP contribution in [-0.2, 0) is 16.0 Å². The van der Waals surface area contributed by atoms with E-state index in [1.807, 2.05) is 0 Å². The van der Waals surface area contributed by atoms with E-state index in [2.05, 4.69) is 5.32 Å². The molecule has 0 fully saturated rings. The van der Waals surface area contributed by atoms with Gasteiger partial charge in [0, 0.05) is 11.6 Å². The molecule has 4 nitrogen and oxygen atoms in total. The van der Waals surface area contributed by atoms with Crippen LogP contribution in [-0.4, -0.2) is 23.0 Å². The first-order chi connectivity index (χ1) is 9.22. The molecule has 0 aliphatic carbocycles. The summed E-state index contributed by atoms with van der Waals surface area (Å²) in [7, 11) is 0. The predicted molar refractivity (Wildman–Crippen MR) is 64.4 cm³/mol. The molecule has 1 aromatic rings. The topological polar surface area (TPSA) is 66.4 Å². The highest BCUT2D eigenvalue weighted by Crippen LogP contribution is 2.14. The van der Waals surface area contributed by atoms with E-state index in [-0.39, 0.29) is 11.5 Å². The average Bonchev–Trinajstić information content (AvgIpc) is 2.32. The second-order valence-corrected chi connectivity index (χ2v) is 4.66. The Morgan fingerprint density at radius 3 is 2.20 bits per heavy atom. The van der Waals surface area contributed by atoms with Crippen molar-refractivity contribution in [3.8, 4) is 0 Å². The van der Waals surface area contributed by atoms with Crippen molar-refractivity contribution < 1.29 is 27.9 Å². The molecule has 1 amide bonds. The number of aliphatic carboxylic acids is 1. The summed E-state index contributed by atoms with van der Waals surface area (Å²) >= 11 is 0. The molecule has 0 radical (unpaired) electrons. The lowest BCUT2D eigenvalue weighted by molar-refractivity contribution is -0.143. The van der Waals surface area contributed by atoms with Gasteiger partial charge in [0.15, 0.2) is 11.6 Å². The van der Waals surface area contributed by atoms with Crippen molar-refractivity contribution >= 4 is 11.9 Å². The fourth-order valence-corrected chi connectivity index (χ4v) is 1.61. The van der Waals surface area contributed by atoms with Crippen LogP contribution in [0.1, 0.15) is 19.4 Å². The standard InChI is InChI=1S/C13H14F3NO3/c1-6(2)12(13(19)20)17-11(18)4-7-3-9(15)10(16)5-8(7)14/h3,5-6,12H,4H2,1-2H3,(H,17,18)(H,19,20)/t12-/m0/s1. The first kappa shape index (κ1) is 16.0. The van der Waals surface area contributed by atoms with Gasteiger partial charge >= 0.3 is 5.97 Å². The normalized spacial score (nSPS) is 12.3. The minimum atomic E-state index is -1.35. The second-order valence-electron chi connectivity index (χ2n) is 4.66. The minimum Gasteiger partial charge on any atom is -0.480 e. The van der Waals surface area contributed by atoms with Gasteiger partial charge < -0.3 is 10.4 Å². The molecule has 1 aromatic carbocycles. The molecule has 0 heterocycles. The summed E-state index contributed by atoms with van der Waals surface area (Å²) in [5.74, 6) is -6.05. The number of halogens is 3. The Morgan fingerprint density at radius 1 is 1.15 bits per heavy atom. The summed E-state index contributed by atoms with van der Waals surface area (Å²) in [5.41, 5.74) is -0.339. The highest BCUT2D eigenvalue weighted by Gasteiger charge is 2.24. The Bertz CT molecular complexity index is 532. The third kappa shape index (κ3) is 3.97. The fourth-order valence-electron chi connectivity index (χ4n) is 1.61. The number of carboxylic acid groups (broad SMARTS) is 1. The number of carbonyl (C=O) groups excluding carboxylic acids is 1. The van der Waals surface area contributed by atoms with Gasteiger partial charge in [-0.3, -0.25) is 4.79 Å². The van der Waals surface area contributed by atoms with Crippen LogP contribution in [0.2, 0.25) is 0 Å². The van der Waals surface area contributed by atoms with Crippen molar-refractivity contribution in [3.05, 3.63) is 35.1 Å². The SMILES string of the molecule is CC(C)[C@H](NC(=O)Cc1cc(F)c(F)cc1F)C(=O)O. The molecule has 1 atom stereocenters. The summed E-state index contributed by atoms with van der Waals surface area (Å²) in [6.45, 7) is 3.19. The van der Waals surface area contributed by atoms with Crippen molar-refractivity contribution in [1.29, 1.82) is 0 Å². The first-order valence-corrected chi connectivity index (χ1v) is 5.88. The number of hydrogen-bond acceptors (Lipinski definition) is 2. The number of carboxylic acids is 1. The molecular formula is C13H14F3NO3. The average molecular weight is 289 g/mol. The van der Waals surface area contributed by atoms with Gasteiger partial charge in [-0.1, -0.05) is 13.8 Å². The summed E-state index contributed by atoms with van der Waals surface area (Å²) in [4.78, 5) is 22.5. The van der Waals surface area contributed by atoms with Gasteiger partial charge in [0.05, 0.1) is 6.42 Å². The quantitative estimate of drug-likeness (QED) is 0.813. The van der Waals surface area contributed by atoms with Crippen molar-refractivity contribution in [3.63, 3.8) is 0 Å². The monoisotopic (exact) mass is 289 g/mol. The molecule has 20 heavy (non-hydrogen) atoms. The van der Waals surface area contributed by atoms with Gasteiger partial charge in [0.2, 0.25) is 5.91 Å². The third-order valence-corrected chi connectivity index (χ3v) is 2.69. The molecule has 0 aromatic heterocycles. The van der Waals surface area contributed by atoms with E-state index in [0.717, 1.165) is 0 Å². The molecule has 0 saturated carbocycles. The van der Waals surface area contributed by atoms with Crippen molar-refractivity contribution in [2.75, 3.05) is 0 Å². The number of benzene rings is 1. The minimum absolute atomic E-state index is 0.339. The zero-order valence-electron chi connectivity index (χ0n) is 10.9. The molecule has 0 aliphatic rings. The highest BCUT2D eigenvalue weighted by molar-refractivity contribution is 5.85. The van der Waals surface area contributed by atoms with Crippen LogP contribution in [0.15, 0.2) is 12.1 Å². The number of hydrogen-bond donors (Lipinski definition) is 2. The van der Waals surface area contributed by atoms with E-state index < -0.39 is 41.8 Å². The molecule has 110 valence electrons. The fraction of sp³-hybridized carbons (Fsp3) is 0.385. The van der Waals surface area contributed by atoms with Crippen molar-refractivity contribution in [2.45, 2.75) is 26.3 Å². The smallest absolute Gasteiger partial charge is 0.326 e. The van der Waals surface area contributed by atoms with Crippen molar-refractivity contribution in [2.24, 2.45) is 5.92 Å². The number of rotatable bonds is 5. The van der Waals surface area contributed by atoms with E-state index >= 15 is 0 Å². The molecule has 0 aliphatic heterocycles. The highest BCUT2D eigenvalue weighted by atomic mass is 19.2. The summed E-state index contributed by atoms with van der Waals surface area (Å²) in [5, 5.41) is 11.1. The van der Waals surface area contributed by atoms with Gasteiger partial charge in [-0.2, -0.15) is 0 Å². The Labute approximate surface area is 113 Å². The van der Waals surface area contributed by atoms with E-state index in [1.54, 1.807) is 13.8 Å². The maximum atomic E-state index is 13.3. The maximum Gasteiger partial charge on any atom is 0.326 e. The van der Waals surface area contributed by atoms with Crippen molar-refractivity contribution in [1.82, 2.24) is 5.32 Å². The van der Waals surface area contributed by atoms with Crippen LogP contribution in [0.4, 0.5) is 13.2 Å². The van der Waals surface area contributed by atoms with Crippen LogP contribution in [0.25, 0.3) is 0 Å². The van der Waals surface area contributed by atoms with Gasteiger partial charge in [-0.05, 0) is 12.0 Å². The largest absolute Gasteiger partial charge is 0.480 e. The first-order valence-electron chi connectivity index (χ1n) is 5.88. The number of amides is 1. The third-order valence-electron chi connectivity index (χ3n) is 2.69. The van der Waals surface area contributed by atoms with Gasteiger partial charge in [0.25, 0.3) is 0 Å².